The van der Waals surface area contributed by atoms with E-state index in [-0.39, 0.29) is 31.4 Å². The van der Waals surface area contributed by atoms with Gasteiger partial charge in [-0.1, -0.05) is 0 Å². The van der Waals surface area contributed by atoms with E-state index in [2.05, 4.69) is 15.0 Å². The summed E-state index contributed by atoms with van der Waals surface area (Å²) in [4.78, 5) is 12.2. The average molecular weight is 382 g/mol. The van der Waals surface area contributed by atoms with Gasteiger partial charge in [0.05, 0.1) is 32.3 Å². The number of nitrogen functional groups attached to an aromatic ring is 2. The number of hydrogen-bond acceptors (Lipinski definition) is 11. The van der Waals surface area contributed by atoms with Crippen LogP contribution in [-0.4, -0.2) is 83.7 Å². The van der Waals surface area contributed by atoms with E-state index < -0.39 is 42.7 Å². The van der Waals surface area contributed by atoms with Crippen LogP contribution in [0.15, 0.2) is 6.33 Å². The van der Waals surface area contributed by atoms with Gasteiger partial charge in [-0.15, -0.1) is 0 Å². The second kappa shape index (κ2) is 6.51. The Morgan fingerprint density at radius 3 is 2.70 bits per heavy atom. The Morgan fingerprint density at radius 1 is 1.26 bits per heavy atom. The zero-order chi connectivity index (χ0) is 19.3. The quantitative estimate of drug-likeness (QED) is 0.324. The Kier molecular flexibility index (Phi) is 4.41. The summed E-state index contributed by atoms with van der Waals surface area (Å²) in [5, 5.41) is 40.7. The number of aliphatic hydroxyl groups excluding tert-OH is 3. The Labute approximate surface area is 153 Å². The van der Waals surface area contributed by atoms with E-state index in [9.17, 15) is 20.4 Å². The van der Waals surface area contributed by atoms with Gasteiger partial charge in [-0.3, -0.25) is 4.57 Å². The van der Waals surface area contributed by atoms with E-state index in [1.807, 2.05) is 0 Å². The van der Waals surface area contributed by atoms with Gasteiger partial charge in [-0.05, 0) is 0 Å². The normalized spacial score (nSPS) is 36.7. The van der Waals surface area contributed by atoms with Crippen LogP contribution < -0.4 is 11.5 Å². The predicted octanol–water partition coefficient (Wildman–Crippen LogP) is -2.63. The predicted molar refractivity (Wildman–Crippen MR) is 91.0 cm³/mol. The third kappa shape index (κ3) is 2.72. The molecule has 12 nitrogen and oxygen atoms in total. The fraction of sp³-hybridized carbons (Fsp3) is 0.667. The second-order valence-electron chi connectivity index (χ2n) is 6.90. The highest BCUT2D eigenvalue weighted by Gasteiger charge is 2.58. The standard InChI is InChI=1S/C15H22N6O6/c16-12-10-13(20-14(17)19-12)21(5-18-10)9-1-15(25,8(3-23)27-9)6-4-26-7(2-22)11(6)24/h5-9,11,22-25H,1-4H2,(H4,16,17,19,20)/t6?,7-,8-,9?,11+,15-/m1/s1. The maximum absolute atomic E-state index is 11.3. The summed E-state index contributed by atoms with van der Waals surface area (Å²) in [5.41, 5.74) is 10.6. The molecule has 6 atom stereocenters. The van der Waals surface area contributed by atoms with Crippen molar-refractivity contribution in [3.8, 4) is 0 Å². The van der Waals surface area contributed by atoms with Crippen LogP contribution in [0.1, 0.15) is 12.6 Å². The second-order valence-corrected chi connectivity index (χ2v) is 6.90. The van der Waals surface area contributed by atoms with Crippen molar-refractivity contribution in [1.82, 2.24) is 19.5 Å². The summed E-state index contributed by atoms with van der Waals surface area (Å²) < 4.78 is 12.7. The molecule has 148 valence electrons. The van der Waals surface area contributed by atoms with Gasteiger partial charge in [0, 0.05) is 12.3 Å². The smallest absolute Gasteiger partial charge is 0.224 e. The van der Waals surface area contributed by atoms with Crippen molar-refractivity contribution in [1.29, 1.82) is 0 Å². The maximum Gasteiger partial charge on any atom is 0.224 e. The minimum atomic E-state index is -1.58. The van der Waals surface area contributed by atoms with Gasteiger partial charge in [0.15, 0.2) is 11.5 Å². The minimum absolute atomic E-state index is 0.0286. The van der Waals surface area contributed by atoms with Gasteiger partial charge in [0.1, 0.15) is 29.6 Å². The summed E-state index contributed by atoms with van der Waals surface area (Å²) in [6.07, 6.45) is -2.11. The van der Waals surface area contributed by atoms with Crippen molar-refractivity contribution >= 4 is 22.9 Å². The molecule has 8 N–H and O–H groups in total. The molecule has 0 spiro atoms. The Morgan fingerprint density at radius 2 is 2.04 bits per heavy atom. The van der Waals surface area contributed by atoms with Crippen LogP contribution >= 0.6 is 0 Å². The van der Waals surface area contributed by atoms with Crippen molar-refractivity contribution in [3.05, 3.63) is 6.33 Å². The largest absolute Gasteiger partial charge is 0.394 e. The number of hydrogen-bond donors (Lipinski definition) is 6. The van der Waals surface area contributed by atoms with E-state index in [1.165, 1.54) is 6.33 Å². The summed E-state index contributed by atoms with van der Waals surface area (Å²) in [7, 11) is 0. The highest BCUT2D eigenvalue weighted by atomic mass is 16.6. The molecule has 2 aromatic heterocycles. The molecule has 0 bridgehead atoms. The fourth-order valence-electron chi connectivity index (χ4n) is 3.97. The van der Waals surface area contributed by atoms with E-state index in [1.54, 1.807) is 4.57 Å². The topological polar surface area (TPSA) is 195 Å². The van der Waals surface area contributed by atoms with Crippen LogP contribution in [0.4, 0.5) is 11.8 Å². The average Bonchev–Trinajstić information content (AvgIpc) is 3.30. The van der Waals surface area contributed by atoms with Crippen molar-refractivity contribution < 1.29 is 29.9 Å². The Hall–Kier alpha value is -2.09. The van der Waals surface area contributed by atoms with E-state index in [4.69, 9.17) is 20.9 Å². The first kappa shape index (κ1) is 18.3. The molecular weight excluding hydrogens is 360 g/mol. The van der Waals surface area contributed by atoms with Crippen LogP contribution in [0.5, 0.6) is 0 Å². The maximum atomic E-state index is 11.3. The van der Waals surface area contributed by atoms with Crippen LogP contribution in [0, 0.1) is 5.92 Å². The SMILES string of the molecule is Nc1nc(N)c2ncn(C3C[C@@](O)(C4CO[C@H](CO)[C@H]4O)[C@@H](CO)O3)c2n1. The highest BCUT2D eigenvalue weighted by molar-refractivity contribution is 5.82. The number of nitrogens with zero attached hydrogens (tertiary/aromatic N) is 4. The monoisotopic (exact) mass is 382 g/mol. The van der Waals surface area contributed by atoms with Gasteiger partial charge in [-0.2, -0.15) is 9.97 Å². The number of aliphatic hydroxyl groups is 4. The van der Waals surface area contributed by atoms with Crippen molar-refractivity contribution in [2.24, 2.45) is 5.92 Å². The molecule has 0 radical (unpaired) electrons. The summed E-state index contributed by atoms with van der Waals surface area (Å²) in [6, 6.07) is 0. The first-order chi connectivity index (χ1) is 12.9. The molecule has 12 heteroatoms. The van der Waals surface area contributed by atoms with E-state index in [0.717, 1.165) is 0 Å². The van der Waals surface area contributed by atoms with Gasteiger partial charge in [-0.25, -0.2) is 4.98 Å². The van der Waals surface area contributed by atoms with Crippen LogP contribution in [0.3, 0.4) is 0 Å². The first-order valence-corrected chi connectivity index (χ1v) is 8.53. The van der Waals surface area contributed by atoms with Crippen LogP contribution in [0.2, 0.25) is 0 Å². The molecule has 2 saturated heterocycles. The number of ether oxygens (including phenoxy) is 2. The molecule has 2 aliphatic rings. The highest BCUT2D eigenvalue weighted by Crippen LogP contribution is 2.45. The first-order valence-electron chi connectivity index (χ1n) is 8.53. The molecule has 2 unspecified atom stereocenters. The molecule has 4 heterocycles. The van der Waals surface area contributed by atoms with Crippen molar-refractivity contribution in [2.45, 2.75) is 36.6 Å². The molecule has 0 amide bonds. The van der Waals surface area contributed by atoms with Gasteiger partial charge < -0.3 is 41.4 Å². The molecule has 0 aliphatic carbocycles. The van der Waals surface area contributed by atoms with E-state index in [0.29, 0.717) is 11.2 Å². The zero-order valence-electron chi connectivity index (χ0n) is 14.3. The third-order valence-corrected chi connectivity index (χ3v) is 5.43. The zero-order valence-corrected chi connectivity index (χ0v) is 14.3. The number of anilines is 2. The number of imidazole rings is 1. The van der Waals surface area contributed by atoms with Crippen LogP contribution in [0.25, 0.3) is 11.2 Å². The molecule has 2 aromatic rings. The lowest BCUT2D eigenvalue weighted by molar-refractivity contribution is -0.122. The minimum Gasteiger partial charge on any atom is -0.394 e. The Balaban J connectivity index is 1.68. The van der Waals surface area contributed by atoms with Crippen molar-refractivity contribution in [2.75, 3.05) is 31.3 Å². The lowest BCUT2D eigenvalue weighted by atomic mass is 9.78. The Bertz CT molecular complexity index is 848. The number of fused-ring (bicyclic) bond motifs is 1. The molecule has 2 fully saturated rings. The number of nitrogens with two attached hydrogens (primary N) is 2. The fourth-order valence-corrected chi connectivity index (χ4v) is 3.97. The number of aromatic nitrogens is 4. The lowest BCUT2D eigenvalue weighted by Gasteiger charge is -2.34. The molecule has 0 aromatic carbocycles. The summed E-state index contributed by atoms with van der Waals surface area (Å²) in [6.45, 7) is -0.808. The third-order valence-electron chi connectivity index (χ3n) is 5.43. The van der Waals surface area contributed by atoms with Gasteiger partial charge in [0.2, 0.25) is 5.95 Å². The van der Waals surface area contributed by atoms with Gasteiger partial charge in [0.25, 0.3) is 0 Å². The van der Waals surface area contributed by atoms with Crippen molar-refractivity contribution in [3.63, 3.8) is 0 Å². The molecule has 27 heavy (non-hydrogen) atoms. The van der Waals surface area contributed by atoms with E-state index >= 15 is 0 Å². The summed E-state index contributed by atoms with van der Waals surface area (Å²) >= 11 is 0. The molecule has 4 rings (SSSR count). The molecule has 2 aliphatic heterocycles. The summed E-state index contributed by atoms with van der Waals surface area (Å²) in [5.74, 6) is -0.649. The molecule has 0 saturated carbocycles. The lowest BCUT2D eigenvalue weighted by Crippen LogP contribution is -2.52. The number of rotatable bonds is 4. The van der Waals surface area contributed by atoms with Gasteiger partial charge >= 0.3 is 0 Å². The molecular formula is C15H22N6O6. The van der Waals surface area contributed by atoms with Crippen LogP contribution in [-0.2, 0) is 9.47 Å².